The highest BCUT2D eigenvalue weighted by molar-refractivity contribution is 6.29. The summed E-state index contributed by atoms with van der Waals surface area (Å²) in [5.41, 5.74) is 0.697. The Hall–Kier alpha value is -1.24. The Morgan fingerprint density at radius 3 is 3.12 bits per heavy atom. The first-order valence-corrected chi connectivity index (χ1v) is 5.67. The van der Waals surface area contributed by atoms with Crippen molar-refractivity contribution >= 4 is 23.5 Å². The molecule has 2 N–H and O–H groups in total. The summed E-state index contributed by atoms with van der Waals surface area (Å²) in [6.45, 7) is 3.55. The number of rotatable bonds is 2. The van der Waals surface area contributed by atoms with Crippen molar-refractivity contribution in [1.29, 1.82) is 0 Å². The Bertz CT molecular complexity index is 401. The van der Waals surface area contributed by atoms with E-state index in [1.165, 1.54) is 0 Å². The van der Waals surface area contributed by atoms with Crippen molar-refractivity contribution < 1.29 is 9.53 Å². The van der Waals surface area contributed by atoms with Crippen molar-refractivity contribution in [2.24, 2.45) is 0 Å². The minimum absolute atomic E-state index is 0.203. The third-order valence-electron chi connectivity index (χ3n) is 2.28. The first-order valence-electron chi connectivity index (χ1n) is 5.29. The monoisotopic (exact) mass is 256 g/mol. The Kier molecular flexibility index (Phi) is 3.88. The van der Waals surface area contributed by atoms with Crippen LogP contribution in [0, 0.1) is 6.92 Å². The third kappa shape index (κ3) is 3.36. The van der Waals surface area contributed by atoms with E-state index >= 15 is 0 Å². The zero-order valence-electron chi connectivity index (χ0n) is 9.36. The van der Waals surface area contributed by atoms with Crippen LogP contribution in [0.5, 0.6) is 0 Å². The zero-order valence-corrected chi connectivity index (χ0v) is 10.1. The molecule has 0 bridgehead atoms. The maximum atomic E-state index is 11.8. The number of carbonyl (C=O) groups excluding carboxylic acids is 1. The molecule has 7 heteroatoms. The molecule has 92 valence electrons. The molecule has 0 aliphatic carbocycles. The van der Waals surface area contributed by atoms with E-state index in [1.807, 2.05) is 0 Å². The van der Waals surface area contributed by atoms with Crippen LogP contribution in [0.15, 0.2) is 6.07 Å². The second-order valence-electron chi connectivity index (χ2n) is 3.71. The molecule has 1 aromatic heterocycles. The van der Waals surface area contributed by atoms with Gasteiger partial charge in [-0.05, 0) is 13.0 Å². The van der Waals surface area contributed by atoms with Crippen LogP contribution in [0.1, 0.15) is 5.69 Å². The molecular formula is C10H13ClN4O2. The lowest BCUT2D eigenvalue weighted by Crippen LogP contribution is -2.45. The lowest BCUT2D eigenvalue weighted by molar-refractivity contribution is -0.128. The van der Waals surface area contributed by atoms with Gasteiger partial charge in [-0.15, -0.1) is 0 Å². The van der Waals surface area contributed by atoms with Gasteiger partial charge in [0.25, 0.3) is 5.91 Å². The summed E-state index contributed by atoms with van der Waals surface area (Å²) in [4.78, 5) is 19.8. The van der Waals surface area contributed by atoms with Crippen LogP contribution in [0.3, 0.4) is 0 Å². The molecule has 6 nitrogen and oxygen atoms in total. The van der Waals surface area contributed by atoms with Crippen molar-refractivity contribution in [3.05, 3.63) is 16.9 Å². The second-order valence-corrected chi connectivity index (χ2v) is 4.10. The standard InChI is InChI=1S/C10H13ClN4O2/c1-6-4-8(11)14-10(13-6)15-9(16)7-5-12-2-3-17-7/h4,7,12H,2-3,5H2,1H3,(H,13,14,15,16). The number of nitrogens with one attached hydrogen (secondary N) is 2. The lowest BCUT2D eigenvalue weighted by atomic mass is 10.3. The highest BCUT2D eigenvalue weighted by Gasteiger charge is 2.22. The van der Waals surface area contributed by atoms with Crippen LogP contribution in [0.2, 0.25) is 5.15 Å². The van der Waals surface area contributed by atoms with E-state index in [2.05, 4.69) is 20.6 Å². The molecule has 0 spiro atoms. The Morgan fingerprint density at radius 1 is 1.65 bits per heavy atom. The molecule has 1 amide bonds. The summed E-state index contributed by atoms with van der Waals surface area (Å²) < 4.78 is 5.31. The quantitative estimate of drug-likeness (QED) is 0.748. The lowest BCUT2D eigenvalue weighted by Gasteiger charge is -2.22. The molecule has 2 heterocycles. The molecule has 1 fully saturated rings. The molecule has 1 aliphatic rings. The molecule has 0 aromatic carbocycles. The topological polar surface area (TPSA) is 76.1 Å². The maximum Gasteiger partial charge on any atom is 0.257 e. The van der Waals surface area contributed by atoms with Gasteiger partial charge in [0.05, 0.1) is 6.61 Å². The minimum Gasteiger partial charge on any atom is -0.366 e. The van der Waals surface area contributed by atoms with Gasteiger partial charge < -0.3 is 10.1 Å². The fourth-order valence-electron chi connectivity index (χ4n) is 1.51. The fraction of sp³-hybridized carbons (Fsp3) is 0.500. The van der Waals surface area contributed by atoms with E-state index < -0.39 is 6.10 Å². The van der Waals surface area contributed by atoms with Gasteiger partial charge in [0.2, 0.25) is 5.95 Å². The molecule has 17 heavy (non-hydrogen) atoms. The number of morpholine rings is 1. The Morgan fingerprint density at radius 2 is 2.47 bits per heavy atom. The summed E-state index contributed by atoms with van der Waals surface area (Å²) >= 11 is 5.77. The van der Waals surface area contributed by atoms with Gasteiger partial charge in [-0.2, -0.15) is 0 Å². The van der Waals surface area contributed by atoms with E-state index in [9.17, 15) is 4.79 Å². The van der Waals surface area contributed by atoms with Gasteiger partial charge in [0.1, 0.15) is 11.3 Å². The average molecular weight is 257 g/mol. The molecule has 1 aromatic rings. The number of hydrogen-bond donors (Lipinski definition) is 2. The number of aromatic nitrogens is 2. The largest absolute Gasteiger partial charge is 0.366 e. The fourth-order valence-corrected chi connectivity index (χ4v) is 1.75. The van der Waals surface area contributed by atoms with E-state index in [4.69, 9.17) is 16.3 Å². The van der Waals surface area contributed by atoms with Gasteiger partial charge in [-0.25, -0.2) is 9.97 Å². The third-order valence-corrected chi connectivity index (χ3v) is 2.47. The number of nitrogens with zero attached hydrogens (tertiary/aromatic N) is 2. The van der Waals surface area contributed by atoms with Crippen molar-refractivity contribution in [2.75, 3.05) is 25.0 Å². The molecule has 0 saturated carbocycles. The van der Waals surface area contributed by atoms with Crippen LogP contribution in [0.25, 0.3) is 0 Å². The van der Waals surface area contributed by atoms with Crippen LogP contribution in [0.4, 0.5) is 5.95 Å². The summed E-state index contributed by atoms with van der Waals surface area (Å²) in [5, 5.41) is 5.96. The van der Waals surface area contributed by atoms with Gasteiger partial charge in [-0.3, -0.25) is 10.1 Å². The molecule has 2 rings (SSSR count). The number of amides is 1. The maximum absolute atomic E-state index is 11.8. The smallest absolute Gasteiger partial charge is 0.257 e. The summed E-state index contributed by atoms with van der Waals surface area (Å²) in [5.74, 6) is -0.0620. The molecular weight excluding hydrogens is 244 g/mol. The van der Waals surface area contributed by atoms with Crippen LogP contribution in [-0.4, -0.2) is 41.7 Å². The van der Waals surface area contributed by atoms with Gasteiger partial charge >= 0.3 is 0 Å². The highest BCUT2D eigenvalue weighted by Crippen LogP contribution is 2.10. The minimum atomic E-state index is -0.508. The second kappa shape index (κ2) is 5.39. The van der Waals surface area contributed by atoms with E-state index in [-0.39, 0.29) is 11.9 Å². The summed E-state index contributed by atoms with van der Waals surface area (Å²) in [6, 6.07) is 1.62. The Balaban J connectivity index is 2.01. The number of anilines is 1. The number of carbonyl (C=O) groups is 1. The van der Waals surface area contributed by atoms with Crippen molar-refractivity contribution in [1.82, 2.24) is 15.3 Å². The van der Waals surface area contributed by atoms with Gasteiger partial charge in [-0.1, -0.05) is 11.6 Å². The van der Waals surface area contributed by atoms with Crippen LogP contribution in [-0.2, 0) is 9.53 Å². The molecule has 1 saturated heterocycles. The first-order chi connectivity index (χ1) is 8.15. The highest BCUT2D eigenvalue weighted by atomic mass is 35.5. The van der Waals surface area contributed by atoms with E-state index in [0.717, 1.165) is 6.54 Å². The molecule has 1 unspecified atom stereocenters. The van der Waals surface area contributed by atoms with Crippen LogP contribution >= 0.6 is 11.6 Å². The van der Waals surface area contributed by atoms with Crippen molar-refractivity contribution in [2.45, 2.75) is 13.0 Å². The first kappa shape index (κ1) is 12.2. The SMILES string of the molecule is Cc1cc(Cl)nc(NC(=O)C2CNCCO2)n1. The molecule has 1 aliphatic heterocycles. The van der Waals surface area contributed by atoms with Gasteiger partial charge in [0, 0.05) is 18.8 Å². The van der Waals surface area contributed by atoms with Crippen molar-refractivity contribution in [3.8, 4) is 0 Å². The summed E-state index contributed by atoms with van der Waals surface area (Å²) in [6.07, 6.45) is -0.508. The number of halogens is 1. The van der Waals surface area contributed by atoms with E-state index in [0.29, 0.717) is 24.0 Å². The number of hydrogen-bond acceptors (Lipinski definition) is 5. The van der Waals surface area contributed by atoms with Crippen molar-refractivity contribution in [3.63, 3.8) is 0 Å². The molecule has 0 radical (unpaired) electrons. The summed E-state index contributed by atoms with van der Waals surface area (Å²) in [7, 11) is 0. The Labute approximate surface area is 104 Å². The average Bonchev–Trinajstić information content (AvgIpc) is 2.28. The zero-order chi connectivity index (χ0) is 12.3. The normalized spacial score (nSPS) is 20.0. The molecule has 1 atom stereocenters. The van der Waals surface area contributed by atoms with E-state index in [1.54, 1.807) is 13.0 Å². The van der Waals surface area contributed by atoms with Crippen LogP contribution < -0.4 is 10.6 Å². The number of ether oxygens (including phenoxy) is 1. The predicted molar refractivity (Wildman–Crippen MR) is 63.0 cm³/mol. The van der Waals surface area contributed by atoms with Gasteiger partial charge in [0.15, 0.2) is 0 Å². The number of aryl methyl sites for hydroxylation is 1. The predicted octanol–water partition coefficient (Wildman–Crippen LogP) is 0.365.